The first-order valence-electron chi connectivity index (χ1n) is 11.4. The first-order valence-corrected chi connectivity index (χ1v) is 11.4. The fraction of sp³-hybridized carbons (Fsp3) is 0.346. The van der Waals surface area contributed by atoms with E-state index in [0.717, 1.165) is 49.5 Å². The molecular weight excluding hydrogens is 419 g/mol. The maximum atomic E-state index is 13.1. The maximum Gasteiger partial charge on any atom is 0.224 e. The summed E-state index contributed by atoms with van der Waals surface area (Å²) in [5.74, 6) is 1.73. The van der Waals surface area contributed by atoms with Crippen LogP contribution in [0.2, 0.25) is 0 Å². The van der Waals surface area contributed by atoms with E-state index >= 15 is 0 Å². The van der Waals surface area contributed by atoms with Gasteiger partial charge in [-0.3, -0.25) is 4.79 Å². The summed E-state index contributed by atoms with van der Waals surface area (Å²) in [4.78, 5) is 23.5. The highest BCUT2D eigenvalue weighted by Crippen LogP contribution is 2.26. The fourth-order valence-corrected chi connectivity index (χ4v) is 4.01. The first kappa shape index (κ1) is 22.7. The van der Waals surface area contributed by atoms with Gasteiger partial charge < -0.3 is 15.0 Å². The van der Waals surface area contributed by atoms with Gasteiger partial charge in [0, 0.05) is 25.1 Å². The molecule has 0 bridgehead atoms. The quantitative estimate of drug-likeness (QED) is 0.547. The van der Waals surface area contributed by atoms with Crippen molar-refractivity contribution in [1.29, 1.82) is 0 Å². The number of hydrogen-bond acceptors (Lipinski definition) is 5. The molecule has 0 spiro atoms. The van der Waals surface area contributed by atoms with Crippen molar-refractivity contribution in [2.24, 2.45) is 5.92 Å². The number of aryl methyl sites for hydroxylation is 1. The Balaban J connectivity index is 1.31. The van der Waals surface area contributed by atoms with Crippen LogP contribution in [0.4, 0.5) is 10.2 Å². The molecule has 6 nitrogen and oxygen atoms in total. The standard InChI is InChI=1S/C26H29FN4O2/c1-3-19-4-10-23(11-5-19)33-25-16-24(28-17-29-25)31-14-12-21(13-15-31)26(32)30-18(2)20-6-8-22(27)9-7-20/h4-11,16-18,21H,3,12-15H2,1-2H3,(H,30,32)/t18-/m1/s1. The Morgan fingerprint density at radius 2 is 1.82 bits per heavy atom. The predicted octanol–water partition coefficient (Wildman–Crippen LogP) is 5.06. The number of ether oxygens (including phenoxy) is 1. The van der Waals surface area contributed by atoms with Gasteiger partial charge in [0.15, 0.2) is 0 Å². The number of piperidine rings is 1. The molecule has 33 heavy (non-hydrogen) atoms. The van der Waals surface area contributed by atoms with Crippen LogP contribution in [0.15, 0.2) is 60.9 Å². The molecule has 1 saturated heterocycles. The number of benzene rings is 2. The Labute approximate surface area is 193 Å². The number of amides is 1. The van der Waals surface area contributed by atoms with Crippen LogP contribution in [0.25, 0.3) is 0 Å². The minimum atomic E-state index is -0.280. The molecule has 3 aromatic rings. The van der Waals surface area contributed by atoms with E-state index in [1.165, 1.54) is 24.0 Å². The molecule has 172 valence electrons. The molecule has 1 aromatic heterocycles. The third-order valence-electron chi connectivity index (χ3n) is 6.10. The van der Waals surface area contributed by atoms with Crippen molar-refractivity contribution in [3.05, 3.63) is 77.9 Å². The molecule has 1 atom stereocenters. The van der Waals surface area contributed by atoms with Gasteiger partial charge in [-0.25, -0.2) is 14.4 Å². The lowest BCUT2D eigenvalue weighted by Crippen LogP contribution is -2.41. The summed E-state index contributed by atoms with van der Waals surface area (Å²) in [6, 6.07) is 15.9. The van der Waals surface area contributed by atoms with E-state index in [0.29, 0.717) is 5.88 Å². The maximum absolute atomic E-state index is 13.1. The lowest BCUT2D eigenvalue weighted by atomic mass is 9.95. The number of nitrogens with one attached hydrogen (secondary N) is 1. The van der Waals surface area contributed by atoms with Crippen LogP contribution >= 0.6 is 0 Å². The van der Waals surface area contributed by atoms with Gasteiger partial charge in [0.05, 0.1) is 6.04 Å². The van der Waals surface area contributed by atoms with E-state index in [1.54, 1.807) is 12.1 Å². The van der Waals surface area contributed by atoms with Crippen molar-refractivity contribution < 1.29 is 13.9 Å². The number of rotatable bonds is 7. The van der Waals surface area contributed by atoms with Crippen LogP contribution in [0, 0.1) is 11.7 Å². The van der Waals surface area contributed by atoms with E-state index < -0.39 is 0 Å². The minimum absolute atomic E-state index is 0.0358. The summed E-state index contributed by atoms with van der Waals surface area (Å²) in [5.41, 5.74) is 2.14. The Morgan fingerprint density at radius 3 is 2.48 bits per heavy atom. The van der Waals surface area contributed by atoms with Crippen molar-refractivity contribution in [2.45, 2.75) is 39.2 Å². The van der Waals surface area contributed by atoms with E-state index in [9.17, 15) is 9.18 Å². The molecule has 0 unspecified atom stereocenters. The minimum Gasteiger partial charge on any atom is -0.439 e. The van der Waals surface area contributed by atoms with Crippen LogP contribution in [0.5, 0.6) is 11.6 Å². The number of hydrogen-bond donors (Lipinski definition) is 1. The third-order valence-corrected chi connectivity index (χ3v) is 6.10. The van der Waals surface area contributed by atoms with Crippen LogP contribution in [-0.4, -0.2) is 29.0 Å². The Hall–Kier alpha value is -3.48. The second-order valence-electron chi connectivity index (χ2n) is 8.36. The highest BCUT2D eigenvalue weighted by molar-refractivity contribution is 5.79. The van der Waals surface area contributed by atoms with Gasteiger partial charge >= 0.3 is 0 Å². The zero-order chi connectivity index (χ0) is 23.2. The first-order chi connectivity index (χ1) is 16.0. The topological polar surface area (TPSA) is 67.3 Å². The number of carbonyl (C=O) groups excluding carboxylic acids is 1. The van der Waals surface area contributed by atoms with Crippen LogP contribution in [-0.2, 0) is 11.2 Å². The molecule has 0 saturated carbocycles. The van der Waals surface area contributed by atoms with E-state index in [-0.39, 0.29) is 23.7 Å². The summed E-state index contributed by atoms with van der Waals surface area (Å²) in [5, 5.41) is 3.06. The zero-order valence-corrected chi connectivity index (χ0v) is 19.0. The molecule has 0 radical (unpaired) electrons. The lowest BCUT2D eigenvalue weighted by molar-refractivity contribution is -0.126. The molecule has 1 fully saturated rings. The molecular formula is C26H29FN4O2. The number of halogens is 1. The summed E-state index contributed by atoms with van der Waals surface area (Å²) in [6.45, 7) is 5.49. The molecule has 1 aliphatic rings. The summed E-state index contributed by atoms with van der Waals surface area (Å²) in [6.07, 6.45) is 3.96. The molecule has 4 rings (SSSR count). The van der Waals surface area contributed by atoms with Crippen molar-refractivity contribution in [2.75, 3.05) is 18.0 Å². The summed E-state index contributed by atoms with van der Waals surface area (Å²) in [7, 11) is 0. The molecule has 2 aromatic carbocycles. The monoisotopic (exact) mass is 448 g/mol. The fourth-order valence-electron chi connectivity index (χ4n) is 4.01. The lowest BCUT2D eigenvalue weighted by Gasteiger charge is -2.32. The average Bonchev–Trinajstić information content (AvgIpc) is 2.85. The van der Waals surface area contributed by atoms with E-state index in [2.05, 4.69) is 27.1 Å². The number of aromatic nitrogens is 2. The van der Waals surface area contributed by atoms with Gasteiger partial charge in [-0.1, -0.05) is 31.2 Å². The molecule has 2 heterocycles. The van der Waals surface area contributed by atoms with Gasteiger partial charge in [-0.2, -0.15) is 0 Å². The summed E-state index contributed by atoms with van der Waals surface area (Å²) < 4.78 is 19.0. The van der Waals surface area contributed by atoms with Gasteiger partial charge in [0.1, 0.15) is 23.7 Å². The molecule has 7 heteroatoms. The highest BCUT2D eigenvalue weighted by Gasteiger charge is 2.27. The number of carbonyl (C=O) groups is 1. The molecule has 1 aliphatic heterocycles. The van der Waals surface area contributed by atoms with Crippen LogP contribution < -0.4 is 15.0 Å². The van der Waals surface area contributed by atoms with Gasteiger partial charge in [-0.05, 0) is 61.6 Å². The van der Waals surface area contributed by atoms with Gasteiger partial charge in [-0.15, -0.1) is 0 Å². The van der Waals surface area contributed by atoms with Crippen LogP contribution in [0.3, 0.4) is 0 Å². The molecule has 0 aliphatic carbocycles. The normalized spacial score (nSPS) is 15.2. The third kappa shape index (κ3) is 5.86. The van der Waals surface area contributed by atoms with Crippen molar-refractivity contribution in [3.63, 3.8) is 0 Å². The van der Waals surface area contributed by atoms with Crippen molar-refractivity contribution in [3.8, 4) is 11.6 Å². The Kier molecular flexibility index (Phi) is 7.17. The second-order valence-corrected chi connectivity index (χ2v) is 8.36. The number of nitrogens with zero attached hydrogens (tertiary/aromatic N) is 3. The van der Waals surface area contributed by atoms with E-state index in [1.807, 2.05) is 37.3 Å². The molecule has 1 amide bonds. The largest absolute Gasteiger partial charge is 0.439 e. The van der Waals surface area contributed by atoms with Crippen molar-refractivity contribution >= 4 is 11.7 Å². The summed E-state index contributed by atoms with van der Waals surface area (Å²) >= 11 is 0. The zero-order valence-electron chi connectivity index (χ0n) is 19.0. The van der Waals surface area contributed by atoms with Gasteiger partial charge in [0.2, 0.25) is 11.8 Å². The predicted molar refractivity (Wildman–Crippen MR) is 126 cm³/mol. The second kappa shape index (κ2) is 10.4. The highest BCUT2D eigenvalue weighted by atomic mass is 19.1. The SMILES string of the molecule is CCc1ccc(Oc2cc(N3CCC(C(=O)N[C@H](C)c4ccc(F)cc4)CC3)ncn2)cc1. The van der Waals surface area contributed by atoms with Crippen LogP contribution in [0.1, 0.15) is 43.9 Å². The Morgan fingerprint density at radius 1 is 1.12 bits per heavy atom. The van der Waals surface area contributed by atoms with Crippen molar-refractivity contribution in [1.82, 2.24) is 15.3 Å². The van der Waals surface area contributed by atoms with Gasteiger partial charge in [0.25, 0.3) is 0 Å². The smallest absolute Gasteiger partial charge is 0.224 e. The Bertz CT molecular complexity index is 1060. The molecule has 1 N–H and O–H groups in total. The average molecular weight is 449 g/mol. The van der Waals surface area contributed by atoms with E-state index in [4.69, 9.17) is 4.74 Å². The number of anilines is 1.